The van der Waals surface area contributed by atoms with E-state index in [4.69, 9.17) is 11.5 Å². The molecule has 4 aliphatic rings. The number of carboxylic acids is 1. The summed E-state index contributed by atoms with van der Waals surface area (Å²) in [7, 11) is 0. The number of aliphatic hydroxyl groups is 1. The first kappa shape index (κ1) is 20.9. The average Bonchev–Trinajstić information content (AvgIpc) is 3.01. The highest BCUT2D eigenvalue weighted by Crippen LogP contribution is 2.63. The lowest BCUT2D eigenvalue weighted by Crippen LogP contribution is -2.54. The summed E-state index contributed by atoms with van der Waals surface area (Å²) in [5.74, 6) is 4.53. The first-order chi connectivity index (χ1) is 13.3. The third kappa shape index (κ3) is 3.24. The predicted molar refractivity (Wildman–Crippen MR) is 108 cm³/mol. The monoisotopic (exact) mass is 384 g/mol. The molecule has 0 unspecified atom stereocenters. The van der Waals surface area contributed by atoms with Crippen molar-refractivity contribution in [2.45, 2.75) is 70.8 Å². The number of terminal acetylenes is 1. The summed E-state index contributed by atoms with van der Waals surface area (Å²) in [6.45, 7) is 3.78. The number of hydrogen-bond donors (Lipinski definition) is 2. The number of fused-ring (bicyclic) bond motifs is 5. The van der Waals surface area contributed by atoms with Gasteiger partial charge in [-0.05, 0) is 74.3 Å². The van der Waals surface area contributed by atoms with Gasteiger partial charge in [0, 0.05) is 18.3 Å². The highest BCUT2D eigenvalue weighted by Gasteiger charge is 2.61. The lowest BCUT2D eigenvalue weighted by Gasteiger charge is -2.55. The van der Waals surface area contributed by atoms with Crippen LogP contribution in [-0.2, 0) is 9.59 Å². The van der Waals surface area contributed by atoms with Gasteiger partial charge in [-0.2, -0.15) is 0 Å². The number of hydrogen-bond acceptors (Lipinski definition) is 3. The van der Waals surface area contributed by atoms with E-state index in [1.54, 1.807) is 6.92 Å². The van der Waals surface area contributed by atoms with E-state index < -0.39 is 11.6 Å². The normalized spacial score (nSPS) is 40.8. The lowest BCUT2D eigenvalue weighted by molar-refractivity contribution is -0.136. The van der Waals surface area contributed by atoms with E-state index in [9.17, 15) is 14.7 Å². The summed E-state index contributed by atoms with van der Waals surface area (Å²) in [4.78, 5) is 21.1. The van der Waals surface area contributed by atoms with Crippen LogP contribution in [0.3, 0.4) is 0 Å². The van der Waals surface area contributed by atoms with E-state index in [-0.39, 0.29) is 11.8 Å². The third-order valence-electron chi connectivity index (χ3n) is 7.84. The Balaban J connectivity index is 0.000000403. The number of ketones is 1. The largest absolute Gasteiger partial charge is 0.481 e. The zero-order valence-corrected chi connectivity index (χ0v) is 17.0. The molecule has 0 amide bonds. The molecule has 0 aromatic heterocycles. The molecule has 6 atom stereocenters. The molecule has 4 aliphatic carbocycles. The van der Waals surface area contributed by atoms with Gasteiger partial charge in [0.15, 0.2) is 5.78 Å². The molecule has 2 N–H and O–H groups in total. The number of allylic oxidation sites excluding steroid dienone is 3. The van der Waals surface area contributed by atoms with Crippen molar-refractivity contribution in [2.75, 3.05) is 0 Å². The summed E-state index contributed by atoms with van der Waals surface area (Å²) in [6, 6.07) is 0. The van der Waals surface area contributed by atoms with E-state index >= 15 is 0 Å². The van der Waals surface area contributed by atoms with Crippen molar-refractivity contribution < 1.29 is 19.8 Å². The summed E-state index contributed by atoms with van der Waals surface area (Å²) in [5.41, 5.74) is 0.158. The molecular weight excluding hydrogens is 352 g/mol. The number of carbonyl (C=O) groups excluding carboxylic acids is 1. The van der Waals surface area contributed by atoms with E-state index in [2.05, 4.69) is 18.9 Å². The van der Waals surface area contributed by atoms with Crippen LogP contribution in [0, 0.1) is 41.4 Å². The Morgan fingerprint density at radius 3 is 2.57 bits per heavy atom. The van der Waals surface area contributed by atoms with Gasteiger partial charge in [0.05, 0.1) is 0 Å². The number of aliphatic carboxylic acids is 1. The Bertz CT molecular complexity index is 742. The average molecular weight is 385 g/mol. The second-order valence-corrected chi connectivity index (χ2v) is 8.79. The second-order valence-electron chi connectivity index (χ2n) is 8.79. The minimum atomic E-state index is -1.07. The van der Waals surface area contributed by atoms with Gasteiger partial charge in [-0.15, -0.1) is 6.42 Å². The SMILES string of the molecule is C#C[C@]1(O)C=C[C@H]2[C@@H]3CCC4=CC(=O)CC[C@@H]4[C@H]3CC[C@@]21CC.CCC(=O)O. The standard InChI is InChI=1S/C21H26O2.C3H6O2/c1-3-20-11-9-17-16-8-6-15(22)13-14(16)5-7-18(17)19(20)10-12-21(20,23)4-2;1-2-3(4)5/h2,10,12-13,16-19,23H,3,5-9,11H2,1H3;2H2,1H3,(H,4,5)/t16-,17+,18+,19-,20-,21-;/m0./s1. The Morgan fingerprint density at radius 2 is 1.96 bits per heavy atom. The van der Waals surface area contributed by atoms with Crippen LogP contribution in [0.25, 0.3) is 0 Å². The molecule has 28 heavy (non-hydrogen) atoms. The quantitative estimate of drug-likeness (QED) is 0.554. The molecule has 4 heteroatoms. The van der Waals surface area contributed by atoms with Gasteiger partial charge in [0.1, 0.15) is 5.60 Å². The van der Waals surface area contributed by atoms with Gasteiger partial charge >= 0.3 is 5.97 Å². The van der Waals surface area contributed by atoms with Gasteiger partial charge in [-0.1, -0.05) is 31.4 Å². The lowest BCUT2D eigenvalue weighted by atomic mass is 9.49. The summed E-state index contributed by atoms with van der Waals surface area (Å²) in [6.07, 6.45) is 19.0. The Hall–Kier alpha value is -1.86. The fourth-order valence-electron chi connectivity index (χ4n) is 6.38. The maximum Gasteiger partial charge on any atom is 0.303 e. The molecule has 0 aromatic rings. The second kappa shape index (κ2) is 7.87. The highest BCUT2D eigenvalue weighted by atomic mass is 16.4. The maximum atomic E-state index is 11.7. The Labute approximate surface area is 168 Å². The number of carbonyl (C=O) groups is 2. The Kier molecular flexibility index (Phi) is 5.87. The van der Waals surface area contributed by atoms with E-state index in [0.717, 1.165) is 38.5 Å². The van der Waals surface area contributed by atoms with Gasteiger partial charge in [-0.25, -0.2) is 0 Å². The summed E-state index contributed by atoms with van der Waals surface area (Å²) >= 11 is 0. The van der Waals surface area contributed by atoms with Crippen molar-refractivity contribution in [3.8, 4) is 12.3 Å². The van der Waals surface area contributed by atoms with Crippen LogP contribution in [0.2, 0.25) is 0 Å². The molecule has 152 valence electrons. The van der Waals surface area contributed by atoms with Crippen molar-refractivity contribution in [1.82, 2.24) is 0 Å². The molecule has 2 saturated carbocycles. The van der Waals surface area contributed by atoms with Gasteiger partial charge in [0.25, 0.3) is 0 Å². The zero-order chi connectivity index (χ0) is 20.5. The van der Waals surface area contributed by atoms with Gasteiger partial charge in [-0.3, -0.25) is 9.59 Å². The van der Waals surface area contributed by atoms with Crippen LogP contribution < -0.4 is 0 Å². The highest BCUT2D eigenvalue weighted by molar-refractivity contribution is 5.91. The Morgan fingerprint density at radius 1 is 1.25 bits per heavy atom. The molecule has 0 radical (unpaired) electrons. The topological polar surface area (TPSA) is 74.6 Å². The van der Waals surface area contributed by atoms with Crippen molar-refractivity contribution in [3.05, 3.63) is 23.8 Å². The smallest absolute Gasteiger partial charge is 0.303 e. The molecule has 0 spiro atoms. The molecule has 4 rings (SSSR count). The van der Waals surface area contributed by atoms with Crippen LogP contribution in [-0.4, -0.2) is 27.6 Å². The third-order valence-corrected chi connectivity index (χ3v) is 7.84. The van der Waals surface area contributed by atoms with Gasteiger partial charge in [0.2, 0.25) is 0 Å². The van der Waals surface area contributed by atoms with Crippen molar-refractivity contribution in [1.29, 1.82) is 0 Å². The number of rotatable bonds is 2. The van der Waals surface area contributed by atoms with Crippen LogP contribution in [0.5, 0.6) is 0 Å². The molecule has 2 fully saturated rings. The molecule has 0 heterocycles. The predicted octanol–water partition coefficient (Wildman–Crippen LogP) is 4.14. The van der Waals surface area contributed by atoms with Crippen LogP contribution >= 0.6 is 0 Å². The zero-order valence-electron chi connectivity index (χ0n) is 17.0. The molecule has 0 bridgehead atoms. The van der Waals surface area contributed by atoms with Crippen LogP contribution in [0.4, 0.5) is 0 Å². The minimum absolute atomic E-state index is 0.172. The molecule has 0 aromatic carbocycles. The summed E-state index contributed by atoms with van der Waals surface area (Å²) in [5, 5.41) is 18.7. The summed E-state index contributed by atoms with van der Waals surface area (Å²) < 4.78 is 0. The van der Waals surface area contributed by atoms with Crippen molar-refractivity contribution in [2.24, 2.45) is 29.1 Å². The van der Waals surface area contributed by atoms with E-state index in [1.165, 1.54) is 5.57 Å². The number of carboxylic acid groups (broad SMARTS) is 1. The molecular formula is C24H32O4. The van der Waals surface area contributed by atoms with Crippen molar-refractivity contribution >= 4 is 11.8 Å². The molecule has 0 saturated heterocycles. The fourth-order valence-corrected chi connectivity index (χ4v) is 6.38. The fraction of sp³-hybridized carbons (Fsp3) is 0.667. The molecule has 4 nitrogen and oxygen atoms in total. The van der Waals surface area contributed by atoms with Crippen molar-refractivity contribution in [3.63, 3.8) is 0 Å². The maximum absolute atomic E-state index is 11.7. The molecule has 0 aliphatic heterocycles. The van der Waals surface area contributed by atoms with Gasteiger partial charge < -0.3 is 10.2 Å². The first-order valence-corrected chi connectivity index (χ1v) is 10.7. The van der Waals surface area contributed by atoms with Crippen LogP contribution in [0.1, 0.15) is 65.2 Å². The minimum Gasteiger partial charge on any atom is -0.481 e. The first-order valence-electron chi connectivity index (χ1n) is 10.7. The van der Waals surface area contributed by atoms with E-state index in [0.29, 0.717) is 35.9 Å². The van der Waals surface area contributed by atoms with Crippen LogP contribution in [0.15, 0.2) is 23.8 Å². The van der Waals surface area contributed by atoms with E-state index in [1.807, 2.05) is 12.2 Å².